The Hall–Kier alpha value is -3.14. The second kappa shape index (κ2) is 11.0. The van der Waals surface area contributed by atoms with E-state index in [2.05, 4.69) is 42.9 Å². The zero-order valence-electron chi connectivity index (χ0n) is 17.7. The van der Waals surface area contributed by atoms with Crippen LogP contribution in [0.1, 0.15) is 31.7 Å². The number of ether oxygens (including phenoxy) is 1. The van der Waals surface area contributed by atoms with Crippen molar-refractivity contribution in [1.29, 1.82) is 0 Å². The smallest absolute Gasteiger partial charge is 0.228 e. The van der Waals surface area contributed by atoms with Gasteiger partial charge in [-0.1, -0.05) is 18.7 Å². The summed E-state index contributed by atoms with van der Waals surface area (Å²) in [5, 5.41) is 14.3. The minimum absolute atomic E-state index is 0.393. The molecule has 0 unspecified atom stereocenters. The maximum absolute atomic E-state index is 5.77. The molecule has 0 aliphatic heterocycles. The fourth-order valence-corrected chi connectivity index (χ4v) is 2.07. The first-order valence-corrected chi connectivity index (χ1v) is 9.43. The number of rotatable bonds is 12. The molecule has 2 heterocycles. The lowest BCUT2D eigenvalue weighted by atomic mass is 10.3. The number of nitrogens with one attached hydrogen (secondary N) is 3. The van der Waals surface area contributed by atoms with Crippen molar-refractivity contribution in [2.75, 3.05) is 37.9 Å². The SMILES string of the molecule is C=C(N/N=C(/C)CC)Nc1cc(OCCN(C)C)nc(NCc2cc(C)no2)n1. The van der Waals surface area contributed by atoms with Gasteiger partial charge in [0.25, 0.3) is 0 Å². The molecule has 0 spiro atoms. The van der Waals surface area contributed by atoms with Gasteiger partial charge in [-0.3, -0.25) is 5.43 Å². The van der Waals surface area contributed by atoms with Crippen molar-refractivity contribution in [3.63, 3.8) is 0 Å². The van der Waals surface area contributed by atoms with Crippen molar-refractivity contribution in [2.24, 2.45) is 5.10 Å². The van der Waals surface area contributed by atoms with Crippen LogP contribution in [0.3, 0.4) is 0 Å². The van der Waals surface area contributed by atoms with Crippen molar-refractivity contribution in [3.05, 3.63) is 36.0 Å². The monoisotopic (exact) mass is 402 g/mol. The van der Waals surface area contributed by atoms with E-state index in [1.54, 1.807) is 6.07 Å². The number of hydrogen-bond donors (Lipinski definition) is 3. The Bertz CT molecular complexity index is 831. The van der Waals surface area contributed by atoms with Gasteiger partial charge in [0, 0.05) is 24.4 Å². The molecule has 158 valence electrons. The van der Waals surface area contributed by atoms with Crippen LogP contribution < -0.4 is 20.8 Å². The third-order valence-electron chi connectivity index (χ3n) is 3.76. The summed E-state index contributed by atoms with van der Waals surface area (Å²) in [6, 6.07) is 3.56. The average Bonchev–Trinajstić information content (AvgIpc) is 3.09. The Balaban J connectivity index is 2.09. The Morgan fingerprint density at radius 3 is 2.76 bits per heavy atom. The topological polar surface area (TPSA) is 113 Å². The molecule has 3 N–H and O–H groups in total. The highest BCUT2D eigenvalue weighted by atomic mass is 16.5. The number of anilines is 2. The Morgan fingerprint density at radius 2 is 2.10 bits per heavy atom. The first kappa shape index (κ1) is 22.2. The molecule has 2 rings (SSSR count). The van der Waals surface area contributed by atoms with E-state index in [-0.39, 0.29) is 0 Å². The van der Waals surface area contributed by atoms with E-state index in [1.165, 1.54) is 0 Å². The number of likely N-dealkylation sites (N-methyl/N-ethyl adjacent to an activating group) is 1. The molecule has 0 amide bonds. The van der Waals surface area contributed by atoms with Gasteiger partial charge in [0.1, 0.15) is 18.2 Å². The first-order chi connectivity index (χ1) is 13.9. The van der Waals surface area contributed by atoms with E-state index >= 15 is 0 Å². The molecule has 10 nitrogen and oxygen atoms in total. The minimum atomic E-state index is 0.393. The van der Waals surface area contributed by atoms with Crippen LogP contribution in [0, 0.1) is 6.92 Å². The molecule has 0 aromatic carbocycles. The fourth-order valence-electron chi connectivity index (χ4n) is 2.07. The highest BCUT2D eigenvalue weighted by Gasteiger charge is 2.09. The quantitative estimate of drug-likeness (QED) is 0.364. The molecule has 0 saturated heterocycles. The van der Waals surface area contributed by atoms with Crippen LogP contribution in [0.25, 0.3) is 0 Å². The molecule has 0 saturated carbocycles. The van der Waals surface area contributed by atoms with Crippen LogP contribution in [0.15, 0.2) is 34.2 Å². The van der Waals surface area contributed by atoms with Crippen LogP contribution in [0.5, 0.6) is 5.88 Å². The lowest BCUT2D eigenvalue weighted by Gasteiger charge is -2.14. The highest BCUT2D eigenvalue weighted by Crippen LogP contribution is 2.18. The van der Waals surface area contributed by atoms with Crippen molar-refractivity contribution in [3.8, 4) is 5.88 Å². The maximum atomic E-state index is 5.77. The highest BCUT2D eigenvalue weighted by molar-refractivity contribution is 5.81. The third-order valence-corrected chi connectivity index (χ3v) is 3.76. The van der Waals surface area contributed by atoms with Crippen LogP contribution in [-0.2, 0) is 6.54 Å². The molecule has 0 aliphatic carbocycles. The second-order valence-electron chi connectivity index (χ2n) is 6.77. The fraction of sp³-hybridized carbons (Fsp3) is 0.474. The van der Waals surface area contributed by atoms with Crippen molar-refractivity contribution < 1.29 is 9.26 Å². The lowest BCUT2D eigenvalue weighted by molar-refractivity contribution is 0.254. The summed E-state index contributed by atoms with van der Waals surface area (Å²) >= 11 is 0. The Morgan fingerprint density at radius 1 is 1.31 bits per heavy atom. The molecule has 2 aromatic heterocycles. The normalized spacial score (nSPS) is 11.4. The molecule has 0 atom stereocenters. The van der Waals surface area contributed by atoms with Crippen LogP contribution in [0.2, 0.25) is 0 Å². The molecule has 2 aromatic rings. The van der Waals surface area contributed by atoms with E-state index in [9.17, 15) is 0 Å². The number of nitrogens with zero attached hydrogens (tertiary/aromatic N) is 5. The molecular formula is C19H30N8O2. The summed E-state index contributed by atoms with van der Waals surface area (Å²) in [5.74, 6) is 2.55. The molecule has 29 heavy (non-hydrogen) atoms. The van der Waals surface area contributed by atoms with Gasteiger partial charge in [-0.2, -0.15) is 15.1 Å². The Labute approximate surface area is 171 Å². The molecular weight excluding hydrogens is 372 g/mol. The zero-order valence-corrected chi connectivity index (χ0v) is 17.7. The summed E-state index contributed by atoms with van der Waals surface area (Å²) in [5.41, 5.74) is 4.65. The van der Waals surface area contributed by atoms with Gasteiger partial charge in [0.15, 0.2) is 5.76 Å². The van der Waals surface area contributed by atoms with Gasteiger partial charge in [-0.15, -0.1) is 0 Å². The van der Waals surface area contributed by atoms with E-state index in [0.717, 1.165) is 24.4 Å². The standard InChI is InChI=1S/C19H30N8O2/c1-7-13(2)24-25-15(4)21-17-11-18(28-9-8-27(5)6)23-19(22-17)20-12-16-10-14(3)26-29-16/h10-11,25H,4,7-9,12H2,1-3,5-6H3,(H2,20,21,22,23)/b24-13-. The van der Waals surface area contributed by atoms with Crippen molar-refractivity contribution in [2.45, 2.75) is 33.7 Å². The van der Waals surface area contributed by atoms with Gasteiger partial charge in [0.05, 0.1) is 12.2 Å². The number of aromatic nitrogens is 3. The summed E-state index contributed by atoms with van der Waals surface area (Å²) in [6.45, 7) is 11.4. The lowest BCUT2D eigenvalue weighted by Crippen LogP contribution is -2.20. The molecule has 0 radical (unpaired) electrons. The summed E-state index contributed by atoms with van der Waals surface area (Å²) in [4.78, 5) is 10.9. The number of aryl methyl sites for hydroxylation is 1. The van der Waals surface area contributed by atoms with Gasteiger partial charge in [-0.25, -0.2) is 0 Å². The van der Waals surface area contributed by atoms with Crippen LogP contribution in [-0.4, -0.2) is 53.0 Å². The predicted octanol–water partition coefficient (Wildman–Crippen LogP) is 2.58. The largest absolute Gasteiger partial charge is 0.476 e. The third kappa shape index (κ3) is 8.18. The second-order valence-corrected chi connectivity index (χ2v) is 6.77. The number of hydrogen-bond acceptors (Lipinski definition) is 10. The van der Waals surface area contributed by atoms with Crippen LogP contribution in [0.4, 0.5) is 11.8 Å². The molecule has 0 fully saturated rings. The Kier molecular flexibility index (Phi) is 8.41. The maximum Gasteiger partial charge on any atom is 0.228 e. The van der Waals surface area contributed by atoms with Crippen molar-refractivity contribution >= 4 is 17.5 Å². The molecule has 10 heteroatoms. The van der Waals surface area contributed by atoms with Crippen LogP contribution >= 0.6 is 0 Å². The zero-order chi connectivity index (χ0) is 21.2. The number of hydrazone groups is 1. The van der Waals surface area contributed by atoms with Gasteiger partial charge < -0.3 is 24.8 Å². The van der Waals surface area contributed by atoms with Crippen molar-refractivity contribution in [1.82, 2.24) is 25.5 Å². The van der Waals surface area contributed by atoms with E-state index in [0.29, 0.717) is 42.4 Å². The van der Waals surface area contributed by atoms with Gasteiger partial charge in [0.2, 0.25) is 11.8 Å². The van der Waals surface area contributed by atoms with Gasteiger partial charge >= 0.3 is 0 Å². The summed E-state index contributed by atoms with van der Waals surface area (Å²) < 4.78 is 11.0. The average molecular weight is 403 g/mol. The van der Waals surface area contributed by atoms with E-state index < -0.39 is 0 Å². The minimum Gasteiger partial charge on any atom is -0.476 e. The summed E-state index contributed by atoms with van der Waals surface area (Å²) in [6.07, 6.45) is 0.854. The van der Waals surface area contributed by atoms with Gasteiger partial charge in [-0.05, 0) is 34.4 Å². The van der Waals surface area contributed by atoms with E-state index in [4.69, 9.17) is 9.26 Å². The summed E-state index contributed by atoms with van der Waals surface area (Å²) in [7, 11) is 3.97. The molecule has 0 bridgehead atoms. The molecule has 0 aliphatic rings. The predicted molar refractivity (Wildman–Crippen MR) is 114 cm³/mol. The first-order valence-electron chi connectivity index (χ1n) is 9.43. The van der Waals surface area contributed by atoms with E-state index in [1.807, 2.05) is 45.8 Å².